The van der Waals surface area contributed by atoms with Crippen molar-refractivity contribution in [1.29, 1.82) is 0 Å². The fourth-order valence-electron chi connectivity index (χ4n) is 2.67. The lowest BCUT2D eigenvalue weighted by Gasteiger charge is -2.12. The molecule has 0 heterocycles. The molecule has 0 atom stereocenters. The zero-order valence-electron chi connectivity index (χ0n) is 16.5. The predicted octanol–water partition coefficient (Wildman–Crippen LogP) is 3.56. The van der Waals surface area contributed by atoms with Crippen LogP contribution in [0.25, 0.3) is 0 Å². The molecule has 6 heteroatoms. The number of amides is 2. The van der Waals surface area contributed by atoms with Gasteiger partial charge >= 0.3 is 0 Å². The molecule has 2 N–H and O–H groups in total. The van der Waals surface area contributed by atoms with E-state index in [1.54, 1.807) is 0 Å². The molecule has 0 saturated carbocycles. The quantitative estimate of drug-likeness (QED) is 0.581. The lowest BCUT2D eigenvalue weighted by atomic mass is 10.1. The van der Waals surface area contributed by atoms with E-state index in [2.05, 4.69) is 10.6 Å². The number of benzene rings is 2. The molecule has 28 heavy (non-hydrogen) atoms. The van der Waals surface area contributed by atoms with Crippen LogP contribution in [0.5, 0.6) is 11.5 Å². The van der Waals surface area contributed by atoms with E-state index < -0.39 is 0 Å². The van der Waals surface area contributed by atoms with Gasteiger partial charge in [-0.1, -0.05) is 37.3 Å². The van der Waals surface area contributed by atoms with E-state index in [1.807, 2.05) is 62.4 Å². The molecule has 0 radical (unpaired) electrons. The first-order valence-electron chi connectivity index (χ1n) is 9.63. The van der Waals surface area contributed by atoms with Crippen LogP contribution < -0.4 is 20.1 Å². The highest BCUT2D eigenvalue weighted by atomic mass is 16.5. The summed E-state index contributed by atoms with van der Waals surface area (Å²) in [4.78, 5) is 24.0. The highest BCUT2D eigenvalue weighted by molar-refractivity contribution is 5.95. The van der Waals surface area contributed by atoms with Crippen molar-refractivity contribution in [3.63, 3.8) is 0 Å². The van der Waals surface area contributed by atoms with Crippen LogP contribution in [-0.4, -0.2) is 31.6 Å². The number of aryl methyl sites for hydroxylation is 1. The Hall–Kier alpha value is -3.02. The minimum Gasteiger partial charge on any atom is -0.490 e. The first-order valence-corrected chi connectivity index (χ1v) is 9.63. The van der Waals surface area contributed by atoms with Crippen LogP contribution in [0.15, 0.2) is 48.5 Å². The van der Waals surface area contributed by atoms with Crippen molar-refractivity contribution >= 4 is 17.5 Å². The van der Waals surface area contributed by atoms with Gasteiger partial charge in [-0.25, -0.2) is 0 Å². The first-order chi connectivity index (χ1) is 13.6. The molecule has 0 bridgehead atoms. The van der Waals surface area contributed by atoms with Crippen molar-refractivity contribution in [1.82, 2.24) is 5.32 Å². The number of para-hydroxylation sites is 3. The highest BCUT2D eigenvalue weighted by Gasteiger charge is 2.08. The number of carbonyl (C=O) groups is 2. The Balaban J connectivity index is 1.67. The topological polar surface area (TPSA) is 76.7 Å². The van der Waals surface area contributed by atoms with Crippen LogP contribution in [0.4, 0.5) is 5.69 Å². The molecule has 0 fully saturated rings. The number of hydrogen-bond acceptors (Lipinski definition) is 4. The maximum absolute atomic E-state index is 12.0. The molecule has 2 amide bonds. The highest BCUT2D eigenvalue weighted by Crippen LogP contribution is 2.26. The third-order valence-corrected chi connectivity index (χ3v) is 4.07. The molecule has 0 unspecified atom stereocenters. The van der Waals surface area contributed by atoms with Crippen LogP contribution >= 0.6 is 0 Å². The third kappa shape index (κ3) is 6.95. The maximum atomic E-state index is 12.0. The molecule has 0 saturated heterocycles. The summed E-state index contributed by atoms with van der Waals surface area (Å²) in [6.07, 6.45) is 1.66. The fraction of sp³-hybridized carbons (Fsp3) is 0.364. The van der Waals surface area contributed by atoms with Gasteiger partial charge in [0.15, 0.2) is 11.5 Å². The average molecular weight is 384 g/mol. The van der Waals surface area contributed by atoms with Gasteiger partial charge in [-0.3, -0.25) is 9.59 Å². The summed E-state index contributed by atoms with van der Waals surface area (Å²) < 4.78 is 11.2. The molecule has 2 aromatic carbocycles. The number of hydrogen-bond donors (Lipinski definition) is 2. The molecular weight excluding hydrogens is 356 g/mol. The van der Waals surface area contributed by atoms with Gasteiger partial charge in [0.2, 0.25) is 11.8 Å². The molecule has 150 valence electrons. The Morgan fingerprint density at radius 1 is 0.893 bits per heavy atom. The Labute approximate surface area is 166 Å². The molecule has 0 spiro atoms. The van der Waals surface area contributed by atoms with Gasteiger partial charge in [0.05, 0.1) is 19.8 Å². The van der Waals surface area contributed by atoms with Crippen molar-refractivity contribution in [2.75, 3.05) is 25.1 Å². The van der Waals surface area contributed by atoms with Crippen LogP contribution in [0.2, 0.25) is 0 Å². The van der Waals surface area contributed by atoms with E-state index in [0.717, 1.165) is 17.7 Å². The van der Waals surface area contributed by atoms with Gasteiger partial charge in [0.25, 0.3) is 0 Å². The van der Waals surface area contributed by atoms with Gasteiger partial charge in [-0.2, -0.15) is 0 Å². The minimum atomic E-state index is -0.240. The van der Waals surface area contributed by atoms with Crippen LogP contribution in [-0.2, 0) is 16.0 Å². The van der Waals surface area contributed by atoms with Crippen molar-refractivity contribution in [3.8, 4) is 11.5 Å². The Bertz CT molecular complexity index is 777. The number of nitrogens with one attached hydrogen (secondary N) is 2. The number of rotatable bonds is 11. The van der Waals surface area contributed by atoms with Crippen molar-refractivity contribution in [3.05, 3.63) is 54.1 Å². The summed E-state index contributed by atoms with van der Waals surface area (Å²) in [6.45, 7) is 4.85. The molecule has 2 rings (SSSR count). The summed E-state index contributed by atoms with van der Waals surface area (Å²) >= 11 is 0. The maximum Gasteiger partial charge on any atom is 0.243 e. The van der Waals surface area contributed by atoms with E-state index in [0.29, 0.717) is 31.1 Å². The molecular formula is C22H28N2O4. The Kier molecular flexibility index (Phi) is 8.85. The van der Waals surface area contributed by atoms with Crippen molar-refractivity contribution in [2.24, 2.45) is 0 Å². The molecule has 2 aromatic rings. The second-order valence-electron chi connectivity index (χ2n) is 6.17. The molecule has 0 aromatic heterocycles. The average Bonchev–Trinajstić information content (AvgIpc) is 2.71. The number of carbonyl (C=O) groups excluding carboxylic acids is 2. The van der Waals surface area contributed by atoms with Crippen molar-refractivity contribution < 1.29 is 19.1 Å². The normalized spacial score (nSPS) is 10.2. The lowest BCUT2D eigenvalue weighted by molar-refractivity contribution is -0.124. The monoisotopic (exact) mass is 384 g/mol. The van der Waals surface area contributed by atoms with Crippen LogP contribution in [0, 0.1) is 0 Å². The molecule has 0 aliphatic heterocycles. The summed E-state index contributed by atoms with van der Waals surface area (Å²) in [5, 5.41) is 5.47. The van der Waals surface area contributed by atoms with E-state index in [4.69, 9.17) is 9.47 Å². The largest absolute Gasteiger partial charge is 0.490 e. The fourth-order valence-corrected chi connectivity index (χ4v) is 2.67. The summed E-state index contributed by atoms with van der Waals surface area (Å²) in [6, 6.07) is 15.1. The van der Waals surface area contributed by atoms with E-state index in [-0.39, 0.29) is 24.8 Å². The van der Waals surface area contributed by atoms with Crippen LogP contribution in [0.1, 0.15) is 32.3 Å². The minimum absolute atomic E-state index is 0.0507. The van der Waals surface area contributed by atoms with Gasteiger partial charge in [0, 0.05) is 12.1 Å². The second-order valence-corrected chi connectivity index (χ2v) is 6.17. The summed E-state index contributed by atoms with van der Waals surface area (Å²) in [7, 11) is 0. The third-order valence-electron chi connectivity index (χ3n) is 4.07. The number of ether oxygens (including phenoxy) is 2. The van der Waals surface area contributed by atoms with Crippen molar-refractivity contribution in [2.45, 2.75) is 33.1 Å². The lowest BCUT2D eigenvalue weighted by Crippen LogP contribution is -2.33. The van der Waals surface area contributed by atoms with E-state index in [9.17, 15) is 9.59 Å². The van der Waals surface area contributed by atoms with Gasteiger partial charge in [-0.15, -0.1) is 0 Å². The second kappa shape index (κ2) is 11.6. The number of anilines is 1. The van der Waals surface area contributed by atoms with Gasteiger partial charge in [-0.05, 0) is 43.5 Å². The molecule has 6 nitrogen and oxygen atoms in total. The smallest absolute Gasteiger partial charge is 0.243 e. The van der Waals surface area contributed by atoms with Gasteiger partial charge in [0.1, 0.15) is 0 Å². The van der Waals surface area contributed by atoms with Crippen LogP contribution in [0.3, 0.4) is 0 Å². The summed E-state index contributed by atoms with van der Waals surface area (Å²) in [5.41, 5.74) is 1.84. The molecule has 0 aliphatic rings. The zero-order valence-corrected chi connectivity index (χ0v) is 16.5. The summed E-state index contributed by atoms with van der Waals surface area (Å²) in [5.74, 6) is 0.939. The zero-order chi connectivity index (χ0) is 20.2. The standard InChI is InChI=1S/C22H28N2O4/c1-3-17-10-5-6-11-18(17)24-22(26)16-23-21(25)14-9-15-28-20-13-8-7-12-19(20)27-4-2/h5-8,10-13H,3-4,9,14-16H2,1-2H3,(H,23,25)(H,24,26). The molecule has 0 aliphatic carbocycles. The first kappa shape index (κ1) is 21.3. The Morgan fingerprint density at radius 3 is 2.29 bits per heavy atom. The van der Waals surface area contributed by atoms with E-state index >= 15 is 0 Å². The predicted molar refractivity (Wildman–Crippen MR) is 110 cm³/mol. The Morgan fingerprint density at radius 2 is 1.57 bits per heavy atom. The van der Waals surface area contributed by atoms with E-state index in [1.165, 1.54) is 0 Å². The SMILES string of the molecule is CCOc1ccccc1OCCCC(=O)NCC(=O)Nc1ccccc1CC. The van der Waals surface area contributed by atoms with Gasteiger partial charge < -0.3 is 20.1 Å².